The van der Waals surface area contributed by atoms with Crippen molar-refractivity contribution >= 4 is 21.8 Å². The highest BCUT2D eigenvalue weighted by molar-refractivity contribution is 7.89. The van der Waals surface area contributed by atoms with Crippen LogP contribution >= 0.6 is 0 Å². The number of hydrogen-bond donors (Lipinski definition) is 1. The lowest BCUT2D eigenvalue weighted by molar-refractivity contribution is -0.144. The zero-order valence-electron chi connectivity index (χ0n) is 16.4. The van der Waals surface area contributed by atoms with Crippen molar-refractivity contribution in [1.82, 2.24) is 4.72 Å². The van der Waals surface area contributed by atoms with Crippen LogP contribution in [0.15, 0.2) is 53.4 Å². The molecule has 1 N–H and O–H groups in total. The number of Topliss-reactive ketones (excluding diaryl/α,β-unsaturated/α-hetero) is 1. The molecule has 156 valence electrons. The lowest BCUT2D eigenvalue weighted by Crippen LogP contribution is -2.34. The van der Waals surface area contributed by atoms with Crippen molar-refractivity contribution in [3.05, 3.63) is 54.1 Å². The maximum Gasteiger partial charge on any atom is 0.321 e. The average Bonchev–Trinajstić information content (AvgIpc) is 2.72. The molecule has 0 unspecified atom stereocenters. The third-order valence-electron chi connectivity index (χ3n) is 3.90. The molecule has 0 spiro atoms. The van der Waals surface area contributed by atoms with Gasteiger partial charge in [0.05, 0.1) is 18.6 Å². The molecule has 29 heavy (non-hydrogen) atoms. The molecule has 0 aliphatic rings. The Hall–Kier alpha value is -2.91. The zero-order chi connectivity index (χ0) is 21.4. The molecule has 0 fully saturated rings. The van der Waals surface area contributed by atoms with E-state index in [0.29, 0.717) is 23.7 Å². The molecule has 0 aromatic heterocycles. The number of methoxy groups -OCH3 is 1. The number of ether oxygens (including phenoxy) is 3. The topological polar surface area (TPSA) is 108 Å². The summed E-state index contributed by atoms with van der Waals surface area (Å²) < 4.78 is 42.0. The molecule has 0 amide bonds. The standard InChI is InChI=1S/C20H23NO7S/c1-4-27-17-9-11-18(12-10-17)29(24,25)21-13-19(22)28-14(2)20(23)15-5-7-16(26-3)8-6-15/h5-12,14,21H,4,13H2,1-3H3/t14-/m1/s1. The minimum absolute atomic E-state index is 0.0175. The van der Waals surface area contributed by atoms with Crippen molar-refractivity contribution < 1.29 is 32.2 Å². The largest absolute Gasteiger partial charge is 0.497 e. The van der Waals surface area contributed by atoms with Gasteiger partial charge in [0.2, 0.25) is 15.8 Å². The molecule has 0 saturated carbocycles. The summed E-state index contributed by atoms with van der Waals surface area (Å²) in [5, 5.41) is 0. The molecule has 2 aromatic rings. The van der Waals surface area contributed by atoms with Gasteiger partial charge in [0.25, 0.3) is 0 Å². The van der Waals surface area contributed by atoms with E-state index < -0.39 is 34.4 Å². The highest BCUT2D eigenvalue weighted by Gasteiger charge is 2.21. The lowest BCUT2D eigenvalue weighted by atomic mass is 10.1. The van der Waals surface area contributed by atoms with Crippen molar-refractivity contribution in [2.75, 3.05) is 20.3 Å². The number of carbonyl (C=O) groups excluding carboxylic acids is 2. The first-order chi connectivity index (χ1) is 13.8. The van der Waals surface area contributed by atoms with Gasteiger partial charge in [0.1, 0.15) is 18.0 Å². The number of sulfonamides is 1. The highest BCUT2D eigenvalue weighted by Crippen LogP contribution is 2.16. The number of rotatable bonds is 10. The maximum atomic E-state index is 12.3. The molecular formula is C20H23NO7S. The van der Waals surface area contributed by atoms with E-state index in [1.807, 2.05) is 6.92 Å². The van der Waals surface area contributed by atoms with Crippen molar-refractivity contribution in [3.63, 3.8) is 0 Å². The van der Waals surface area contributed by atoms with Gasteiger partial charge in [-0.15, -0.1) is 0 Å². The van der Waals surface area contributed by atoms with Crippen LogP contribution in [0.5, 0.6) is 11.5 Å². The third kappa shape index (κ3) is 6.30. The van der Waals surface area contributed by atoms with E-state index in [-0.39, 0.29) is 4.90 Å². The van der Waals surface area contributed by atoms with E-state index in [0.717, 1.165) is 0 Å². The van der Waals surface area contributed by atoms with Crippen LogP contribution in [0.25, 0.3) is 0 Å². The molecule has 9 heteroatoms. The van der Waals surface area contributed by atoms with Gasteiger partial charge in [-0.1, -0.05) is 0 Å². The van der Waals surface area contributed by atoms with Crippen LogP contribution in [0.4, 0.5) is 0 Å². The van der Waals surface area contributed by atoms with Crippen molar-refractivity contribution in [2.45, 2.75) is 24.8 Å². The van der Waals surface area contributed by atoms with Crippen LogP contribution in [0.2, 0.25) is 0 Å². The molecule has 0 radical (unpaired) electrons. The third-order valence-corrected chi connectivity index (χ3v) is 5.32. The maximum absolute atomic E-state index is 12.3. The number of benzene rings is 2. The average molecular weight is 421 g/mol. The molecule has 8 nitrogen and oxygen atoms in total. The Labute approximate surface area is 169 Å². The van der Waals surface area contributed by atoms with E-state index in [1.54, 1.807) is 24.3 Å². The minimum Gasteiger partial charge on any atom is -0.497 e. The molecular weight excluding hydrogens is 398 g/mol. The Morgan fingerprint density at radius 2 is 1.59 bits per heavy atom. The summed E-state index contributed by atoms with van der Waals surface area (Å²) >= 11 is 0. The number of ketones is 1. The van der Waals surface area contributed by atoms with E-state index >= 15 is 0 Å². The van der Waals surface area contributed by atoms with E-state index in [2.05, 4.69) is 4.72 Å². The minimum atomic E-state index is -3.91. The van der Waals surface area contributed by atoms with Gasteiger partial charge in [0.15, 0.2) is 6.10 Å². The number of esters is 1. The van der Waals surface area contributed by atoms with Gasteiger partial charge in [0, 0.05) is 5.56 Å². The van der Waals surface area contributed by atoms with E-state index in [1.165, 1.54) is 38.3 Å². The molecule has 0 aliphatic heterocycles. The fraction of sp³-hybridized carbons (Fsp3) is 0.300. The van der Waals surface area contributed by atoms with Crippen molar-refractivity contribution in [2.24, 2.45) is 0 Å². The van der Waals surface area contributed by atoms with Gasteiger partial charge >= 0.3 is 5.97 Å². The highest BCUT2D eigenvalue weighted by atomic mass is 32.2. The molecule has 2 rings (SSSR count). The van der Waals surface area contributed by atoms with E-state index in [9.17, 15) is 18.0 Å². The Morgan fingerprint density at radius 1 is 1.00 bits per heavy atom. The van der Waals surface area contributed by atoms with Gasteiger partial charge in [-0.05, 0) is 62.4 Å². The monoisotopic (exact) mass is 421 g/mol. The molecule has 1 atom stereocenters. The van der Waals surface area contributed by atoms with Crippen molar-refractivity contribution in [1.29, 1.82) is 0 Å². The summed E-state index contributed by atoms with van der Waals surface area (Å²) in [5.74, 6) is -0.143. The summed E-state index contributed by atoms with van der Waals surface area (Å²) in [6, 6.07) is 12.1. The summed E-state index contributed by atoms with van der Waals surface area (Å²) in [7, 11) is -2.40. The summed E-state index contributed by atoms with van der Waals surface area (Å²) in [5.41, 5.74) is 0.348. The van der Waals surface area contributed by atoms with Crippen LogP contribution in [-0.2, 0) is 19.6 Å². The first-order valence-electron chi connectivity index (χ1n) is 8.87. The first-order valence-corrected chi connectivity index (χ1v) is 10.4. The Kier molecular flexibility index (Phi) is 7.74. The van der Waals surface area contributed by atoms with Crippen LogP contribution < -0.4 is 14.2 Å². The molecule has 0 heterocycles. The summed E-state index contributed by atoms with van der Waals surface area (Å²) in [4.78, 5) is 24.3. The van der Waals surface area contributed by atoms with Crippen LogP contribution in [0.1, 0.15) is 24.2 Å². The van der Waals surface area contributed by atoms with Crippen LogP contribution in [-0.4, -0.2) is 46.5 Å². The predicted octanol–water partition coefficient (Wildman–Crippen LogP) is 2.19. The molecule has 0 saturated heterocycles. The molecule has 0 bridgehead atoms. The Balaban J connectivity index is 1.91. The van der Waals surface area contributed by atoms with Gasteiger partial charge in [-0.25, -0.2) is 8.42 Å². The smallest absolute Gasteiger partial charge is 0.321 e. The Morgan fingerprint density at radius 3 is 2.14 bits per heavy atom. The second kappa shape index (κ2) is 10.0. The summed E-state index contributed by atoms with van der Waals surface area (Å²) in [6.07, 6.45) is -1.06. The fourth-order valence-electron chi connectivity index (χ4n) is 2.40. The SMILES string of the molecule is CCOc1ccc(S(=O)(=O)NCC(=O)O[C@H](C)C(=O)c2ccc(OC)cc2)cc1. The summed E-state index contributed by atoms with van der Waals surface area (Å²) in [6.45, 7) is 3.10. The first kappa shape index (κ1) is 22.4. The van der Waals surface area contributed by atoms with Gasteiger partial charge in [-0.2, -0.15) is 4.72 Å². The van der Waals surface area contributed by atoms with Crippen LogP contribution in [0, 0.1) is 0 Å². The predicted molar refractivity (Wildman–Crippen MR) is 106 cm³/mol. The van der Waals surface area contributed by atoms with Crippen molar-refractivity contribution in [3.8, 4) is 11.5 Å². The quantitative estimate of drug-likeness (QED) is 0.463. The van der Waals surface area contributed by atoms with E-state index in [4.69, 9.17) is 14.2 Å². The lowest BCUT2D eigenvalue weighted by Gasteiger charge is -2.13. The second-order valence-electron chi connectivity index (χ2n) is 5.95. The second-order valence-corrected chi connectivity index (χ2v) is 7.72. The fourth-order valence-corrected chi connectivity index (χ4v) is 3.37. The Bertz CT molecular complexity index is 938. The van der Waals surface area contributed by atoms with Gasteiger partial charge < -0.3 is 14.2 Å². The molecule has 0 aliphatic carbocycles. The normalized spacial score (nSPS) is 12.1. The zero-order valence-corrected chi connectivity index (χ0v) is 17.2. The number of carbonyl (C=O) groups is 2. The molecule has 2 aromatic carbocycles. The number of nitrogens with one attached hydrogen (secondary N) is 1. The van der Waals surface area contributed by atoms with Crippen LogP contribution in [0.3, 0.4) is 0 Å². The number of hydrogen-bond acceptors (Lipinski definition) is 7. The van der Waals surface area contributed by atoms with Gasteiger partial charge in [-0.3, -0.25) is 9.59 Å².